The summed E-state index contributed by atoms with van der Waals surface area (Å²) in [4.78, 5) is 0.307. The van der Waals surface area contributed by atoms with E-state index in [4.69, 9.17) is 10.5 Å². The number of anilines is 1. The summed E-state index contributed by atoms with van der Waals surface area (Å²) in [6, 6.07) is 4.95. The Labute approximate surface area is 109 Å². The zero-order chi connectivity index (χ0) is 13.6. The maximum atomic E-state index is 12.1. The third kappa shape index (κ3) is 3.99. The highest BCUT2D eigenvalue weighted by Gasteiger charge is 2.17. The molecule has 102 valence electrons. The Morgan fingerprint density at radius 2 is 2.00 bits per heavy atom. The largest absolute Gasteiger partial charge is 0.398 e. The Hall–Kier alpha value is -1.07. The summed E-state index contributed by atoms with van der Waals surface area (Å²) in [5.41, 5.74) is 6.84. The van der Waals surface area contributed by atoms with Crippen LogP contribution < -0.4 is 5.73 Å². The van der Waals surface area contributed by atoms with Gasteiger partial charge in [-0.3, -0.25) is 0 Å². The number of nitrogens with two attached hydrogens (primary N) is 1. The Kier molecular flexibility index (Phi) is 5.62. The highest BCUT2D eigenvalue weighted by atomic mass is 32.2. The third-order valence-corrected chi connectivity index (χ3v) is 4.62. The zero-order valence-electron chi connectivity index (χ0n) is 11.0. The van der Waals surface area contributed by atoms with Crippen molar-refractivity contribution in [2.24, 2.45) is 0 Å². The van der Waals surface area contributed by atoms with Crippen LogP contribution in [0.2, 0.25) is 0 Å². The lowest BCUT2D eigenvalue weighted by molar-refractivity contribution is 0.146. The van der Waals surface area contributed by atoms with Gasteiger partial charge in [-0.25, -0.2) is 8.42 Å². The maximum absolute atomic E-state index is 12.1. The Morgan fingerprint density at radius 1 is 1.28 bits per heavy atom. The minimum Gasteiger partial charge on any atom is -0.398 e. The molecular formula is C13H21NO3S. The van der Waals surface area contributed by atoms with Crippen molar-refractivity contribution >= 4 is 15.5 Å². The molecule has 0 aliphatic rings. The number of hydrogen-bond acceptors (Lipinski definition) is 4. The van der Waals surface area contributed by atoms with Gasteiger partial charge in [-0.15, -0.1) is 0 Å². The number of sulfone groups is 1. The van der Waals surface area contributed by atoms with Gasteiger partial charge in [0.1, 0.15) is 0 Å². The van der Waals surface area contributed by atoms with Crippen LogP contribution in [0.3, 0.4) is 0 Å². The van der Waals surface area contributed by atoms with Gasteiger partial charge < -0.3 is 10.5 Å². The van der Waals surface area contributed by atoms with Gasteiger partial charge >= 0.3 is 0 Å². The van der Waals surface area contributed by atoms with Gasteiger partial charge in [-0.1, -0.05) is 19.4 Å². The molecule has 2 N–H and O–H groups in total. The van der Waals surface area contributed by atoms with E-state index in [0.717, 1.165) is 12.8 Å². The van der Waals surface area contributed by atoms with Crippen LogP contribution in [0.15, 0.2) is 23.1 Å². The van der Waals surface area contributed by atoms with E-state index in [2.05, 4.69) is 6.92 Å². The van der Waals surface area contributed by atoms with Crippen molar-refractivity contribution in [3.63, 3.8) is 0 Å². The molecule has 1 aromatic carbocycles. The van der Waals surface area contributed by atoms with E-state index in [-0.39, 0.29) is 12.4 Å². The van der Waals surface area contributed by atoms with Gasteiger partial charge in [-0.05, 0) is 31.0 Å². The van der Waals surface area contributed by atoms with Crippen LogP contribution in [0.25, 0.3) is 0 Å². The first-order valence-corrected chi connectivity index (χ1v) is 7.80. The summed E-state index contributed by atoms with van der Waals surface area (Å²) in [5.74, 6) is 0.001000. The van der Waals surface area contributed by atoms with E-state index in [1.165, 1.54) is 0 Å². The molecule has 1 aromatic rings. The van der Waals surface area contributed by atoms with E-state index < -0.39 is 9.84 Å². The molecule has 0 aromatic heterocycles. The second-order valence-electron chi connectivity index (χ2n) is 4.26. The summed E-state index contributed by atoms with van der Waals surface area (Å²) in [6.07, 6.45) is 2.00. The van der Waals surface area contributed by atoms with Crippen molar-refractivity contribution in [2.75, 3.05) is 24.7 Å². The molecule has 0 unspecified atom stereocenters. The molecule has 18 heavy (non-hydrogen) atoms. The number of ether oxygens (including phenoxy) is 1. The van der Waals surface area contributed by atoms with E-state index in [1.54, 1.807) is 25.1 Å². The fraction of sp³-hybridized carbons (Fsp3) is 0.538. The molecule has 0 amide bonds. The van der Waals surface area contributed by atoms with Crippen LogP contribution in [0, 0.1) is 6.92 Å². The lowest BCUT2D eigenvalue weighted by Crippen LogP contribution is -2.14. The van der Waals surface area contributed by atoms with Crippen LogP contribution in [0.5, 0.6) is 0 Å². The first-order chi connectivity index (χ1) is 8.49. The molecule has 0 saturated heterocycles. The molecule has 0 aliphatic carbocycles. The van der Waals surface area contributed by atoms with E-state index in [0.29, 0.717) is 22.8 Å². The number of unbranched alkanes of at least 4 members (excludes halogenated alkanes) is 1. The molecule has 0 aliphatic heterocycles. The topological polar surface area (TPSA) is 69.4 Å². The molecule has 5 heteroatoms. The van der Waals surface area contributed by atoms with Crippen molar-refractivity contribution in [1.82, 2.24) is 0 Å². The average molecular weight is 271 g/mol. The highest BCUT2D eigenvalue weighted by Crippen LogP contribution is 2.21. The quantitative estimate of drug-likeness (QED) is 0.609. The second-order valence-corrected chi connectivity index (χ2v) is 6.33. The summed E-state index contributed by atoms with van der Waals surface area (Å²) in [6.45, 7) is 4.63. The van der Waals surface area contributed by atoms with Crippen molar-refractivity contribution < 1.29 is 13.2 Å². The van der Waals surface area contributed by atoms with Gasteiger partial charge in [-0.2, -0.15) is 0 Å². The minimum absolute atomic E-state index is 0.001000. The Bertz CT molecular complexity index is 483. The predicted octanol–water partition coefficient (Wildman–Crippen LogP) is 2.17. The Balaban J connectivity index is 2.66. The van der Waals surface area contributed by atoms with Crippen molar-refractivity contribution in [3.05, 3.63) is 23.8 Å². The molecule has 0 bridgehead atoms. The number of hydrogen-bond donors (Lipinski definition) is 1. The molecule has 0 saturated carbocycles. The Morgan fingerprint density at radius 3 is 2.67 bits per heavy atom. The first kappa shape index (κ1) is 15.0. The summed E-state index contributed by atoms with van der Waals surface area (Å²) in [7, 11) is -3.31. The lowest BCUT2D eigenvalue weighted by Gasteiger charge is -2.09. The summed E-state index contributed by atoms with van der Waals surface area (Å²) in [5, 5.41) is 0. The fourth-order valence-corrected chi connectivity index (χ4v) is 3.02. The standard InChI is InChI=1S/C13H21NO3S/c1-3-4-8-17-9-10-18(15,16)13-7-5-6-12(14)11(13)2/h5-7H,3-4,8-10,14H2,1-2H3. The lowest BCUT2D eigenvalue weighted by atomic mass is 10.2. The normalized spacial score (nSPS) is 11.7. The van der Waals surface area contributed by atoms with Crippen molar-refractivity contribution in [3.8, 4) is 0 Å². The van der Waals surface area contributed by atoms with E-state index >= 15 is 0 Å². The van der Waals surface area contributed by atoms with Crippen molar-refractivity contribution in [1.29, 1.82) is 0 Å². The predicted molar refractivity (Wildman–Crippen MR) is 73.4 cm³/mol. The number of benzene rings is 1. The third-order valence-electron chi connectivity index (χ3n) is 2.80. The zero-order valence-corrected chi connectivity index (χ0v) is 11.8. The highest BCUT2D eigenvalue weighted by molar-refractivity contribution is 7.91. The van der Waals surface area contributed by atoms with Gasteiger partial charge in [0.15, 0.2) is 9.84 Å². The van der Waals surface area contributed by atoms with Gasteiger partial charge in [0, 0.05) is 12.3 Å². The molecule has 0 atom stereocenters. The molecule has 0 spiro atoms. The van der Waals surface area contributed by atoms with E-state index in [1.807, 2.05) is 0 Å². The van der Waals surface area contributed by atoms with Crippen molar-refractivity contribution in [2.45, 2.75) is 31.6 Å². The average Bonchev–Trinajstić information content (AvgIpc) is 2.32. The van der Waals surface area contributed by atoms with Crippen LogP contribution in [-0.2, 0) is 14.6 Å². The summed E-state index contributed by atoms with van der Waals surface area (Å²) < 4.78 is 29.5. The molecule has 0 radical (unpaired) electrons. The van der Waals surface area contributed by atoms with Gasteiger partial charge in [0.05, 0.1) is 17.3 Å². The molecule has 4 nitrogen and oxygen atoms in total. The molecule has 0 heterocycles. The monoisotopic (exact) mass is 271 g/mol. The first-order valence-electron chi connectivity index (χ1n) is 6.14. The number of rotatable bonds is 7. The summed E-state index contributed by atoms with van der Waals surface area (Å²) >= 11 is 0. The molecule has 1 rings (SSSR count). The van der Waals surface area contributed by atoms with Crippen LogP contribution in [0.1, 0.15) is 25.3 Å². The fourth-order valence-electron chi connectivity index (χ4n) is 1.60. The maximum Gasteiger partial charge on any atom is 0.180 e. The van der Waals surface area contributed by atoms with Gasteiger partial charge in [0.2, 0.25) is 0 Å². The van der Waals surface area contributed by atoms with Gasteiger partial charge in [0.25, 0.3) is 0 Å². The minimum atomic E-state index is -3.31. The second kappa shape index (κ2) is 6.75. The van der Waals surface area contributed by atoms with E-state index in [9.17, 15) is 8.42 Å². The number of nitrogen functional groups attached to an aromatic ring is 1. The smallest absolute Gasteiger partial charge is 0.180 e. The molecular weight excluding hydrogens is 250 g/mol. The van der Waals surface area contributed by atoms with Crippen LogP contribution >= 0.6 is 0 Å². The SMILES string of the molecule is CCCCOCCS(=O)(=O)c1cccc(N)c1C. The van der Waals surface area contributed by atoms with Crippen LogP contribution in [0.4, 0.5) is 5.69 Å². The molecule has 0 fully saturated rings. The van der Waals surface area contributed by atoms with Crippen LogP contribution in [-0.4, -0.2) is 27.4 Å².